The van der Waals surface area contributed by atoms with Gasteiger partial charge in [0.05, 0.1) is 22.0 Å². The largest absolute Gasteiger partial charge is 0.482 e. The Balaban J connectivity index is 1.85. The molecule has 0 spiro atoms. The Morgan fingerprint density at radius 2 is 2.00 bits per heavy atom. The first kappa shape index (κ1) is 17.1. The first-order chi connectivity index (χ1) is 11.7. The molecule has 130 valence electrons. The first-order valence-corrected chi connectivity index (χ1v) is 7.36. The lowest BCUT2D eigenvalue weighted by molar-refractivity contribution is -0.137. The van der Waals surface area contributed by atoms with Gasteiger partial charge in [-0.3, -0.25) is 9.59 Å². The van der Waals surface area contributed by atoms with Crippen LogP contribution in [0.25, 0.3) is 0 Å². The van der Waals surface area contributed by atoms with E-state index >= 15 is 0 Å². The van der Waals surface area contributed by atoms with E-state index < -0.39 is 17.6 Å². The van der Waals surface area contributed by atoms with Crippen LogP contribution in [0, 0.1) is 0 Å². The molecule has 0 saturated heterocycles. The normalized spacial score (nSPS) is 13.5. The fraction of sp³-hybridized carbons (Fsp3) is 0.125. The number of hydrogen-bond donors (Lipinski definition) is 2. The van der Waals surface area contributed by atoms with Gasteiger partial charge >= 0.3 is 6.18 Å². The summed E-state index contributed by atoms with van der Waals surface area (Å²) in [4.78, 5) is 23.5. The smallest absolute Gasteiger partial charge is 0.416 e. The summed E-state index contributed by atoms with van der Waals surface area (Å²) in [5, 5.41) is 5.09. The number of fused-ring (bicyclic) bond motifs is 1. The first-order valence-electron chi connectivity index (χ1n) is 6.99. The van der Waals surface area contributed by atoms with Crippen LogP contribution >= 0.6 is 11.6 Å². The number of ether oxygens (including phenoxy) is 1. The van der Waals surface area contributed by atoms with Crippen molar-refractivity contribution in [1.82, 2.24) is 0 Å². The van der Waals surface area contributed by atoms with Gasteiger partial charge in [0.15, 0.2) is 6.61 Å². The zero-order valence-electron chi connectivity index (χ0n) is 12.4. The number of rotatable bonds is 2. The maximum absolute atomic E-state index is 12.7. The van der Waals surface area contributed by atoms with Crippen LogP contribution < -0.4 is 15.4 Å². The molecule has 0 atom stereocenters. The van der Waals surface area contributed by atoms with Gasteiger partial charge in [0.2, 0.25) is 0 Å². The van der Waals surface area contributed by atoms with Gasteiger partial charge < -0.3 is 15.4 Å². The quantitative estimate of drug-likeness (QED) is 0.841. The molecular formula is C16H10ClF3N2O3. The van der Waals surface area contributed by atoms with Crippen molar-refractivity contribution in [2.24, 2.45) is 0 Å². The maximum atomic E-state index is 12.7. The molecule has 0 unspecified atom stereocenters. The van der Waals surface area contributed by atoms with Gasteiger partial charge in [0.25, 0.3) is 11.8 Å². The minimum absolute atomic E-state index is 0.102. The summed E-state index contributed by atoms with van der Waals surface area (Å²) >= 11 is 6.04. The van der Waals surface area contributed by atoms with E-state index in [4.69, 9.17) is 16.3 Å². The molecule has 2 N–H and O–H groups in total. The van der Waals surface area contributed by atoms with Crippen molar-refractivity contribution in [3.05, 3.63) is 52.5 Å². The van der Waals surface area contributed by atoms with Gasteiger partial charge in [0, 0.05) is 11.6 Å². The summed E-state index contributed by atoms with van der Waals surface area (Å²) in [5.74, 6) is -0.805. The van der Waals surface area contributed by atoms with E-state index in [9.17, 15) is 22.8 Å². The van der Waals surface area contributed by atoms with Crippen molar-refractivity contribution in [2.45, 2.75) is 6.18 Å². The summed E-state index contributed by atoms with van der Waals surface area (Å²) in [6.45, 7) is -0.185. The van der Waals surface area contributed by atoms with E-state index in [1.54, 1.807) is 0 Å². The van der Waals surface area contributed by atoms with E-state index in [-0.39, 0.29) is 28.8 Å². The highest BCUT2D eigenvalue weighted by Gasteiger charge is 2.31. The topological polar surface area (TPSA) is 67.4 Å². The van der Waals surface area contributed by atoms with Crippen LogP contribution in [0.15, 0.2) is 36.4 Å². The number of anilines is 2. The molecule has 0 aromatic heterocycles. The highest BCUT2D eigenvalue weighted by molar-refractivity contribution is 6.34. The zero-order valence-corrected chi connectivity index (χ0v) is 13.2. The molecule has 5 nitrogen and oxygen atoms in total. The summed E-state index contributed by atoms with van der Waals surface area (Å²) in [7, 11) is 0. The monoisotopic (exact) mass is 370 g/mol. The number of nitrogens with one attached hydrogen (secondary N) is 2. The minimum atomic E-state index is -4.55. The number of hydrogen-bond acceptors (Lipinski definition) is 3. The highest BCUT2D eigenvalue weighted by atomic mass is 35.5. The molecule has 1 heterocycles. The van der Waals surface area contributed by atoms with Crippen molar-refractivity contribution in [1.29, 1.82) is 0 Å². The molecule has 0 fully saturated rings. The molecular weight excluding hydrogens is 361 g/mol. The fourth-order valence-electron chi connectivity index (χ4n) is 2.23. The molecule has 0 radical (unpaired) electrons. The Hall–Kier alpha value is -2.74. The molecule has 2 aromatic carbocycles. The van der Waals surface area contributed by atoms with Crippen molar-refractivity contribution >= 4 is 34.8 Å². The van der Waals surface area contributed by atoms with Crippen LogP contribution in [0.4, 0.5) is 24.5 Å². The third-order valence-electron chi connectivity index (χ3n) is 3.40. The second-order valence-electron chi connectivity index (χ2n) is 5.20. The van der Waals surface area contributed by atoms with Gasteiger partial charge in [-0.2, -0.15) is 13.2 Å². The predicted octanol–water partition coefficient (Wildman–Crippen LogP) is 3.94. The lowest BCUT2D eigenvalue weighted by Crippen LogP contribution is -2.25. The van der Waals surface area contributed by atoms with Crippen LogP contribution in [0.1, 0.15) is 15.9 Å². The zero-order chi connectivity index (χ0) is 18.2. The Morgan fingerprint density at radius 1 is 1.24 bits per heavy atom. The molecule has 3 rings (SSSR count). The average Bonchev–Trinajstić information content (AvgIpc) is 2.55. The molecule has 2 aromatic rings. The Bertz CT molecular complexity index is 868. The third-order valence-corrected chi connectivity index (χ3v) is 3.72. The van der Waals surface area contributed by atoms with E-state index in [1.165, 1.54) is 18.2 Å². The van der Waals surface area contributed by atoms with Crippen molar-refractivity contribution in [2.75, 3.05) is 17.2 Å². The number of halogens is 4. The molecule has 0 aliphatic carbocycles. The van der Waals surface area contributed by atoms with Gasteiger partial charge in [0.1, 0.15) is 5.75 Å². The summed E-state index contributed by atoms with van der Waals surface area (Å²) in [6.07, 6.45) is -4.55. The summed E-state index contributed by atoms with van der Waals surface area (Å²) < 4.78 is 43.4. The fourth-order valence-corrected chi connectivity index (χ4v) is 2.44. The number of benzene rings is 2. The summed E-state index contributed by atoms with van der Waals surface area (Å²) in [6, 6.07) is 6.80. The molecule has 9 heteroatoms. The van der Waals surface area contributed by atoms with E-state index in [1.807, 2.05) is 0 Å². The minimum Gasteiger partial charge on any atom is -0.482 e. The van der Waals surface area contributed by atoms with Crippen LogP contribution in [-0.4, -0.2) is 18.4 Å². The van der Waals surface area contributed by atoms with Gasteiger partial charge in [-0.1, -0.05) is 17.7 Å². The SMILES string of the molecule is O=C1COc2cc(NC(=O)c3cccc(C(F)(F)F)c3)c(Cl)cc2N1. The van der Waals surface area contributed by atoms with Crippen LogP contribution in [0.2, 0.25) is 5.02 Å². The van der Waals surface area contributed by atoms with Crippen LogP contribution in [-0.2, 0) is 11.0 Å². The van der Waals surface area contributed by atoms with Crippen LogP contribution in [0.3, 0.4) is 0 Å². The number of carbonyl (C=O) groups is 2. The lowest BCUT2D eigenvalue weighted by atomic mass is 10.1. The Kier molecular flexibility index (Phi) is 4.30. The Morgan fingerprint density at radius 3 is 2.72 bits per heavy atom. The Labute approximate surface area is 144 Å². The van der Waals surface area contributed by atoms with Crippen LogP contribution in [0.5, 0.6) is 5.75 Å². The molecule has 1 aliphatic rings. The molecule has 2 amide bonds. The number of amides is 2. The van der Waals surface area contributed by atoms with Crippen molar-refractivity contribution in [3.8, 4) is 5.75 Å². The van der Waals surface area contributed by atoms with E-state index in [2.05, 4.69) is 10.6 Å². The molecule has 25 heavy (non-hydrogen) atoms. The second kappa shape index (κ2) is 6.29. The van der Waals surface area contributed by atoms with E-state index in [0.29, 0.717) is 11.4 Å². The number of carbonyl (C=O) groups excluding carboxylic acids is 2. The van der Waals surface area contributed by atoms with Crippen molar-refractivity contribution in [3.63, 3.8) is 0 Å². The molecule has 1 aliphatic heterocycles. The summed E-state index contributed by atoms with van der Waals surface area (Å²) in [5.41, 5.74) is -0.599. The van der Waals surface area contributed by atoms with Gasteiger partial charge in [-0.05, 0) is 24.3 Å². The molecule has 0 saturated carbocycles. The van der Waals surface area contributed by atoms with Crippen molar-refractivity contribution < 1.29 is 27.5 Å². The van der Waals surface area contributed by atoms with Gasteiger partial charge in [-0.15, -0.1) is 0 Å². The highest BCUT2D eigenvalue weighted by Crippen LogP contribution is 2.36. The average molecular weight is 371 g/mol. The second-order valence-corrected chi connectivity index (χ2v) is 5.60. The molecule has 0 bridgehead atoms. The van der Waals surface area contributed by atoms with Gasteiger partial charge in [-0.25, -0.2) is 0 Å². The standard InChI is InChI=1S/C16H10ClF3N2O3/c17-10-5-12-13(25-7-14(23)21-12)6-11(10)22-15(24)8-2-1-3-9(4-8)16(18,19)20/h1-6H,7H2,(H,21,23)(H,22,24). The predicted molar refractivity (Wildman–Crippen MR) is 85.0 cm³/mol. The van der Waals surface area contributed by atoms with E-state index in [0.717, 1.165) is 18.2 Å². The lowest BCUT2D eigenvalue weighted by Gasteiger charge is -2.19. The number of alkyl halides is 3. The maximum Gasteiger partial charge on any atom is 0.416 e. The third kappa shape index (κ3) is 3.69.